The van der Waals surface area contributed by atoms with Crippen molar-refractivity contribution in [3.63, 3.8) is 0 Å². The minimum Gasteiger partial charge on any atom is -0.486 e. The largest absolute Gasteiger partial charge is 0.486 e. The molecule has 170 valence electrons. The average molecular weight is 464 g/mol. The number of fused-ring (bicyclic) bond motifs is 1. The van der Waals surface area contributed by atoms with Gasteiger partial charge < -0.3 is 19.7 Å². The number of hydrogen-bond donors (Lipinski definition) is 1. The van der Waals surface area contributed by atoms with Crippen molar-refractivity contribution in [1.29, 1.82) is 0 Å². The minimum absolute atomic E-state index is 0.0379. The SMILES string of the molecule is Cc1ccccc1C(=O)N1CCC(C(=O)Nc2nc(-c3ccc4c(c3)OCCO4)cs2)CC1. The van der Waals surface area contributed by atoms with Gasteiger partial charge in [0.15, 0.2) is 16.6 Å². The fourth-order valence-corrected chi connectivity index (χ4v) is 4.92. The van der Waals surface area contributed by atoms with E-state index >= 15 is 0 Å². The summed E-state index contributed by atoms with van der Waals surface area (Å²) in [6.45, 7) is 4.18. The number of aryl methyl sites for hydroxylation is 1. The summed E-state index contributed by atoms with van der Waals surface area (Å²) in [6.07, 6.45) is 1.29. The molecule has 2 aliphatic heterocycles. The molecule has 1 fully saturated rings. The highest BCUT2D eigenvalue weighted by molar-refractivity contribution is 7.14. The van der Waals surface area contributed by atoms with Crippen LogP contribution in [0.15, 0.2) is 47.8 Å². The Bertz CT molecular complexity index is 1180. The van der Waals surface area contributed by atoms with Crippen LogP contribution in [0.2, 0.25) is 0 Å². The molecule has 2 amide bonds. The van der Waals surface area contributed by atoms with Gasteiger partial charge in [-0.15, -0.1) is 11.3 Å². The number of anilines is 1. The zero-order chi connectivity index (χ0) is 22.8. The number of ether oxygens (including phenoxy) is 2. The van der Waals surface area contributed by atoms with Gasteiger partial charge in [-0.25, -0.2) is 4.98 Å². The molecule has 2 aliphatic rings. The second-order valence-corrected chi connectivity index (χ2v) is 9.13. The number of carbonyl (C=O) groups is 2. The van der Waals surface area contributed by atoms with Gasteiger partial charge in [0.1, 0.15) is 13.2 Å². The summed E-state index contributed by atoms with van der Waals surface area (Å²) in [4.78, 5) is 32.1. The normalized spacial score (nSPS) is 15.8. The number of carbonyl (C=O) groups excluding carboxylic acids is 2. The van der Waals surface area contributed by atoms with E-state index in [1.807, 2.05) is 59.7 Å². The van der Waals surface area contributed by atoms with Crippen LogP contribution in [0.25, 0.3) is 11.3 Å². The minimum atomic E-state index is -0.132. The Morgan fingerprint density at radius 3 is 2.61 bits per heavy atom. The molecule has 0 radical (unpaired) electrons. The Kier molecular flexibility index (Phi) is 6.00. The molecule has 33 heavy (non-hydrogen) atoms. The lowest BCUT2D eigenvalue weighted by Gasteiger charge is -2.31. The molecule has 1 saturated heterocycles. The first-order valence-electron chi connectivity index (χ1n) is 11.1. The van der Waals surface area contributed by atoms with E-state index in [1.165, 1.54) is 11.3 Å². The smallest absolute Gasteiger partial charge is 0.254 e. The molecule has 3 aromatic rings. The van der Waals surface area contributed by atoms with Gasteiger partial charge in [0, 0.05) is 35.5 Å². The van der Waals surface area contributed by atoms with E-state index in [-0.39, 0.29) is 17.7 Å². The third-order valence-electron chi connectivity index (χ3n) is 6.10. The number of nitrogens with zero attached hydrogens (tertiary/aromatic N) is 2. The third kappa shape index (κ3) is 4.57. The lowest BCUT2D eigenvalue weighted by molar-refractivity contribution is -0.121. The molecule has 5 rings (SSSR count). The summed E-state index contributed by atoms with van der Waals surface area (Å²) >= 11 is 1.40. The Balaban J connectivity index is 1.18. The number of amides is 2. The second-order valence-electron chi connectivity index (χ2n) is 8.27. The van der Waals surface area contributed by atoms with Crippen LogP contribution >= 0.6 is 11.3 Å². The molecular formula is C25H25N3O4S. The van der Waals surface area contributed by atoms with Gasteiger partial charge in [0.05, 0.1) is 5.69 Å². The summed E-state index contributed by atoms with van der Waals surface area (Å²) in [6, 6.07) is 13.4. The number of hydrogen-bond acceptors (Lipinski definition) is 6. The fourth-order valence-electron chi connectivity index (χ4n) is 4.20. The van der Waals surface area contributed by atoms with Crippen molar-refractivity contribution in [1.82, 2.24) is 9.88 Å². The van der Waals surface area contributed by atoms with Crippen LogP contribution < -0.4 is 14.8 Å². The van der Waals surface area contributed by atoms with Crippen molar-refractivity contribution in [3.05, 3.63) is 59.0 Å². The van der Waals surface area contributed by atoms with Gasteiger partial charge in [0.25, 0.3) is 5.91 Å². The quantitative estimate of drug-likeness (QED) is 0.621. The number of rotatable bonds is 4. The predicted octanol–water partition coefficient (Wildman–Crippen LogP) is 4.38. The maximum atomic E-state index is 12.8. The van der Waals surface area contributed by atoms with Gasteiger partial charge in [-0.3, -0.25) is 9.59 Å². The average Bonchev–Trinajstić information content (AvgIpc) is 3.32. The summed E-state index contributed by atoms with van der Waals surface area (Å²) < 4.78 is 11.2. The van der Waals surface area contributed by atoms with Crippen molar-refractivity contribution < 1.29 is 19.1 Å². The molecule has 0 saturated carbocycles. The van der Waals surface area contributed by atoms with E-state index in [0.29, 0.717) is 50.0 Å². The first kappa shape index (κ1) is 21.5. The van der Waals surface area contributed by atoms with Crippen molar-refractivity contribution in [2.45, 2.75) is 19.8 Å². The lowest BCUT2D eigenvalue weighted by atomic mass is 9.95. The molecule has 2 aromatic carbocycles. The summed E-state index contributed by atoms with van der Waals surface area (Å²) in [5, 5.41) is 5.45. The number of benzene rings is 2. The molecule has 0 bridgehead atoms. The molecular weight excluding hydrogens is 438 g/mol. The van der Waals surface area contributed by atoms with Gasteiger partial charge in [-0.05, 0) is 49.6 Å². The summed E-state index contributed by atoms with van der Waals surface area (Å²) in [5.74, 6) is 1.31. The molecule has 7 nitrogen and oxygen atoms in total. The fraction of sp³-hybridized carbons (Fsp3) is 0.320. The van der Waals surface area contributed by atoms with Crippen LogP contribution in [-0.2, 0) is 4.79 Å². The summed E-state index contributed by atoms with van der Waals surface area (Å²) in [5.41, 5.74) is 3.40. The van der Waals surface area contributed by atoms with Crippen LogP contribution in [0.1, 0.15) is 28.8 Å². The van der Waals surface area contributed by atoms with Crippen LogP contribution in [0.3, 0.4) is 0 Å². The Hall–Kier alpha value is -3.39. The molecule has 0 spiro atoms. The maximum absolute atomic E-state index is 12.8. The van der Waals surface area contributed by atoms with Gasteiger partial charge >= 0.3 is 0 Å². The number of aromatic nitrogens is 1. The Labute approximate surface area is 196 Å². The van der Waals surface area contributed by atoms with E-state index in [1.54, 1.807) is 0 Å². The lowest BCUT2D eigenvalue weighted by Crippen LogP contribution is -2.41. The van der Waals surface area contributed by atoms with Gasteiger partial charge in [-0.1, -0.05) is 18.2 Å². The zero-order valence-electron chi connectivity index (χ0n) is 18.4. The van der Waals surface area contributed by atoms with E-state index in [0.717, 1.165) is 28.1 Å². The highest BCUT2D eigenvalue weighted by atomic mass is 32.1. The molecule has 3 heterocycles. The highest BCUT2D eigenvalue weighted by Crippen LogP contribution is 2.35. The van der Waals surface area contributed by atoms with Crippen molar-refractivity contribution in [3.8, 4) is 22.8 Å². The van der Waals surface area contributed by atoms with E-state index in [9.17, 15) is 9.59 Å². The molecule has 0 atom stereocenters. The van der Waals surface area contributed by atoms with E-state index in [4.69, 9.17) is 9.47 Å². The highest BCUT2D eigenvalue weighted by Gasteiger charge is 2.28. The predicted molar refractivity (Wildman–Crippen MR) is 127 cm³/mol. The molecule has 1 N–H and O–H groups in total. The number of thiazole rings is 1. The van der Waals surface area contributed by atoms with E-state index < -0.39 is 0 Å². The number of piperidine rings is 1. The summed E-state index contributed by atoms with van der Waals surface area (Å²) in [7, 11) is 0. The first-order chi connectivity index (χ1) is 16.1. The molecule has 0 aliphatic carbocycles. The van der Waals surface area contributed by atoms with Crippen molar-refractivity contribution in [2.75, 3.05) is 31.6 Å². The zero-order valence-corrected chi connectivity index (χ0v) is 19.2. The van der Waals surface area contributed by atoms with Gasteiger partial charge in [0.2, 0.25) is 5.91 Å². The number of likely N-dealkylation sites (tertiary alicyclic amines) is 1. The van der Waals surface area contributed by atoms with Crippen LogP contribution in [0.4, 0.5) is 5.13 Å². The molecule has 1 aromatic heterocycles. The molecule has 8 heteroatoms. The van der Waals surface area contributed by atoms with Crippen molar-refractivity contribution in [2.24, 2.45) is 5.92 Å². The van der Waals surface area contributed by atoms with Crippen LogP contribution in [0.5, 0.6) is 11.5 Å². The first-order valence-corrected chi connectivity index (χ1v) is 12.0. The Morgan fingerprint density at radius 1 is 1.06 bits per heavy atom. The third-order valence-corrected chi connectivity index (χ3v) is 6.86. The maximum Gasteiger partial charge on any atom is 0.254 e. The number of nitrogens with one attached hydrogen (secondary N) is 1. The topological polar surface area (TPSA) is 80.8 Å². The van der Waals surface area contributed by atoms with E-state index in [2.05, 4.69) is 10.3 Å². The van der Waals surface area contributed by atoms with Crippen LogP contribution in [-0.4, -0.2) is 48.0 Å². The molecule has 0 unspecified atom stereocenters. The van der Waals surface area contributed by atoms with Crippen molar-refractivity contribution >= 4 is 28.3 Å². The van der Waals surface area contributed by atoms with Crippen LogP contribution in [0, 0.1) is 12.8 Å². The standard InChI is InChI=1S/C25H25N3O4S/c1-16-4-2-3-5-19(16)24(30)28-10-8-17(9-11-28)23(29)27-25-26-20(15-33-25)18-6-7-21-22(14-18)32-13-12-31-21/h2-7,14-15,17H,8-13H2,1H3,(H,26,27,29). The Morgan fingerprint density at radius 2 is 1.82 bits per heavy atom. The second kappa shape index (κ2) is 9.23. The monoisotopic (exact) mass is 463 g/mol. The van der Waals surface area contributed by atoms with Gasteiger partial charge in [-0.2, -0.15) is 0 Å².